The van der Waals surface area contributed by atoms with Gasteiger partial charge in [0.2, 0.25) is 11.7 Å². The highest BCUT2D eigenvalue weighted by atomic mass is 32.2. The van der Waals surface area contributed by atoms with Crippen molar-refractivity contribution >= 4 is 34.3 Å². The minimum atomic E-state index is -0.449. The number of para-hydroxylation sites is 1. The normalized spacial score (nSPS) is 15.1. The summed E-state index contributed by atoms with van der Waals surface area (Å²) < 4.78 is 3.45. The molecule has 0 saturated carbocycles. The van der Waals surface area contributed by atoms with Crippen LogP contribution in [0.5, 0.6) is 0 Å². The van der Waals surface area contributed by atoms with Gasteiger partial charge in [0.1, 0.15) is 5.25 Å². The monoisotopic (exact) mass is 459 g/mol. The highest BCUT2D eigenvalue weighted by molar-refractivity contribution is 8.00. The number of nitrogens with zero attached hydrogens (tertiary/aromatic N) is 5. The first-order valence-electron chi connectivity index (χ1n) is 11.2. The fourth-order valence-corrected chi connectivity index (χ4v) is 5.51. The van der Waals surface area contributed by atoms with Crippen molar-refractivity contribution in [3.8, 4) is 0 Å². The van der Waals surface area contributed by atoms with E-state index in [1.165, 1.54) is 11.8 Å². The van der Waals surface area contributed by atoms with Gasteiger partial charge >= 0.3 is 0 Å². The molecule has 1 aliphatic rings. The van der Waals surface area contributed by atoms with Crippen molar-refractivity contribution in [1.82, 2.24) is 24.1 Å². The van der Waals surface area contributed by atoms with Crippen LogP contribution >= 0.6 is 11.8 Å². The number of rotatable bonds is 6. The molecule has 0 bridgehead atoms. The van der Waals surface area contributed by atoms with Gasteiger partial charge < -0.3 is 4.90 Å². The molecule has 1 amide bonds. The molecule has 0 aliphatic carbocycles. The second-order valence-electron chi connectivity index (χ2n) is 8.13. The Morgan fingerprint density at radius 3 is 2.52 bits per heavy atom. The molecule has 3 heterocycles. The summed E-state index contributed by atoms with van der Waals surface area (Å²) in [6.07, 6.45) is 4.90. The SMILES string of the molecule is C=CCn1c(=O)c2ccccc2n2c(S[C@@H](C(=O)N3CCCCC3)c3ccccc3)nnc12. The number of likely N-dealkylation sites (tertiary alicyclic amines) is 1. The maximum atomic E-state index is 13.6. The zero-order valence-corrected chi connectivity index (χ0v) is 19.1. The highest BCUT2D eigenvalue weighted by Gasteiger charge is 2.30. The van der Waals surface area contributed by atoms with Crippen molar-refractivity contribution in [3.05, 3.63) is 83.2 Å². The molecule has 7 nitrogen and oxygen atoms in total. The average Bonchev–Trinajstić information content (AvgIpc) is 3.29. The maximum Gasteiger partial charge on any atom is 0.263 e. The topological polar surface area (TPSA) is 72.5 Å². The predicted octanol–water partition coefficient (Wildman–Crippen LogP) is 4.08. The summed E-state index contributed by atoms with van der Waals surface area (Å²) >= 11 is 1.38. The number of benzene rings is 2. The fraction of sp³-hybridized carbons (Fsp3) is 0.280. The van der Waals surface area contributed by atoms with Gasteiger partial charge in [-0.15, -0.1) is 16.8 Å². The minimum Gasteiger partial charge on any atom is -0.341 e. The summed E-state index contributed by atoms with van der Waals surface area (Å²) in [7, 11) is 0. The Balaban J connectivity index is 1.65. The number of aromatic nitrogens is 4. The van der Waals surface area contributed by atoms with Gasteiger partial charge in [-0.2, -0.15) is 0 Å². The van der Waals surface area contributed by atoms with E-state index in [-0.39, 0.29) is 11.5 Å². The predicted molar refractivity (Wildman–Crippen MR) is 130 cm³/mol. The quantitative estimate of drug-likeness (QED) is 0.321. The van der Waals surface area contributed by atoms with Gasteiger partial charge in [0.05, 0.1) is 10.9 Å². The first-order valence-corrected chi connectivity index (χ1v) is 12.0. The lowest BCUT2D eigenvalue weighted by molar-refractivity contribution is -0.131. The van der Waals surface area contributed by atoms with Crippen molar-refractivity contribution in [1.29, 1.82) is 0 Å². The Morgan fingerprint density at radius 1 is 1.03 bits per heavy atom. The van der Waals surface area contributed by atoms with Crippen molar-refractivity contribution in [2.45, 2.75) is 36.2 Å². The van der Waals surface area contributed by atoms with Gasteiger partial charge in [0, 0.05) is 19.6 Å². The molecule has 1 saturated heterocycles. The number of hydrogen-bond acceptors (Lipinski definition) is 5. The van der Waals surface area contributed by atoms with Crippen LogP contribution in [0.25, 0.3) is 16.7 Å². The zero-order chi connectivity index (χ0) is 22.8. The maximum absolute atomic E-state index is 13.6. The highest BCUT2D eigenvalue weighted by Crippen LogP contribution is 2.37. The summed E-state index contributed by atoms with van der Waals surface area (Å²) in [5, 5.41) is 9.49. The third-order valence-corrected chi connectivity index (χ3v) is 7.19. The Morgan fingerprint density at radius 2 is 1.76 bits per heavy atom. The van der Waals surface area contributed by atoms with Gasteiger partial charge in [-0.3, -0.25) is 18.6 Å². The molecule has 1 fully saturated rings. The van der Waals surface area contributed by atoms with E-state index >= 15 is 0 Å². The molecule has 0 N–H and O–H groups in total. The van der Waals surface area contributed by atoms with E-state index in [0.717, 1.165) is 43.4 Å². The van der Waals surface area contributed by atoms with E-state index in [2.05, 4.69) is 16.8 Å². The molecule has 1 atom stereocenters. The van der Waals surface area contributed by atoms with Gasteiger partial charge in [-0.1, -0.05) is 60.3 Å². The molecular weight excluding hydrogens is 434 g/mol. The third-order valence-electron chi connectivity index (χ3n) is 6.01. The Hall–Kier alpha value is -3.39. The largest absolute Gasteiger partial charge is 0.341 e. The van der Waals surface area contributed by atoms with Crippen LogP contribution in [0.15, 0.2) is 77.2 Å². The van der Waals surface area contributed by atoms with Gasteiger partial charge in [0.25, 0.3) is 5.56 Å². The molecule has 0 spiro atoms. The zero-order valence-electron chi connectivity index (χ0n) is 18.3. The van der Waals surface area contributed by atoms with E-state index in [9.17, 15) is 9.59 Å². The van der Waals surface area contributed by atoms with Gasteiger partial charge in [-0.05, 0) is 37.0 Å². The number of thioether (sulfide) groups is 1. The third kappa shape index (κ3) is 3.95. The van der Waals surface area contributed by atoms with E-state index in [1.54, 1.807) is 16.7 Å². The van der Waals surface area contributed by atoms with Crippen LogP contribution < -0.4 is 5.56 Å². The number of carbonyl (C=O) groups excluding carboxylic acids is 1. The first-order chi connectivity index (χ1) is 16.2. The van der Waals surface area contributed by atoms with Crippen LogP contribution in [0.1, 0.15) is 30.1 Å². The van der Waals surface area contributed by atoms with Crippen LogP contribution in [-0.4, -0.2) is 43.1 Å². The van der Waals surface area contributed by atoms with Crippen LogP contribution in [0, 0.1) is 0 Å². The lowest BCUT2D eigenvalue weighted by atomic mass is 10.1. The van der Waals surface area contributed by atoms with Crippen molar-refractivity contribution in [2.24, 2.45) is 0 Å². The summed E-state index contributed by atoms with van der Waals surface area (Å²) in [6.45, 7) is 5.67. The number of hydrogen-bond donors (Lipinski definition) is 0. The molecule has 0 unspecified atom stereocenters. The molecule has 2 aromatic heterocycles. The Labute approximate surface area is 195 Å². The summed E-state index contributed by atoms with van der Waals surface area (Å²) in [6, 6.07) is 17.2. The second kappa shape index (κ2) is 9.23. The number of carbonyl (C=O) groups is 1. The summed E-state index contributed by atoms with van der Waals surface area (Å²) in [4.78, 5) is 28.7. The van der Waals surface area contributed by atoms with Gasteiger partial charge in [0.15, 0.2) is 5.16 Å². The molecule has 8 heteroatoms. The van der Waals surface area contributed by atoms with Crippen LogP contribution in [0.4, 0.5) is 0 Å². The van der Waals surface area contributed by atoms with Gasteiger partial charge in [-0.25, -0.2) is 0 Å². The van der Waals surface area contributed by atoms with Crippen LogP contribution in [-0.2, 0) is 11.3 Å². The lowest BCUT2D eigenvalue weighted by Crippen LogP contribution is -2.38. The number of amides is 1. The molecule has 1 aliphatic heterocycles. The van der Waals surface area contributed by atoms with Crippen molar-refractivity contribution in [2.75, 3.05) is 13.1 Å². The average molecular weight is 460 g/mol. The summed E-state index contributed by atoms with van der Waals surface area (Å²) in [5.41, 5.74) is 1.52. The van der Waals surface area contributed by atoms with Crippen molar-refractivity contribution < 1.29 is 4.79 Å². The Bertz CT molecular complexity index is 1370. The first kappa shape index (κ1) is 21.5. The molecule has 2 aromatic carbocycles. The van der Waals surface area contributed by atoms with E-state index < -0.39 is 5.25 Å². The van der Waals surface area contributed by atoms with E-state index in [1.807, 2.05) is 57.8 Å². The van der Waals surface area contributed by atoms with Crippen LogP contribution in [0.2, 0.25) is 0 Å². The molecule has 168 valence electrons. The fourth-order valence-electron chi connectivity index (χ4n) is 4.38. The summed E-state index contributed by atoms with van der Waals surface area (Å²) in [5.74, 6) is 0.532. The van der Waals surface area contributed by atoms with Crippen LogP contribution in [0.3, 0.4) is 0 Å². The number of piperidine rings is 1. The number of fused-ring (bicyclic) bond motifs is 3. The minimum absolute atomic E-state index is 0.0892. The molecule has 5 rings (SSSR count). The van der Waals surface area contributed by atoms with E-state index in [4.69, 9.17) is 0 Å². The lowest BCUT2D eigenvalue weighted by Gasteiger charge is -2.30. The molecule has 0 radical (unpaired) electrons. The molecular formula is C25H25N5O2S. The van der Waals surface area contributed by atoms with Crippen molar-refractivity contribution in [3.63, 3.8) is 0 Å². The van der Waals surface area contributed by atoms with E-state index in [0.29, 0.717) is 22.9 Å². The molecule has 4 aromatic rings. The molecule has 33 heavy (non-hydrogen) atoms. The standard InChI is InChI=1S/C25H25N5O2S/c1-2-15-29-22(31)19-13-7-8-14-20(19)30-24(29)26-27-25(30)33-21(18-11-5-3-6-12-18)23(32)28-16-9-4-10-17-28/h2-3,5-8,11-14,21H,1,4,9-10,15-17H2/t21-/m1/s1. The number of allylic oxidation sites excluding steroid dienone is 1. The Kier molecular flexibility index (Phi) is 6.00. The second-order valence-corrected chi connectivity index (χ2v) is 9.21. The smallest absolute Gasteiger partial charge is 0.263 e.